The molecule has 1 saturated carbocycles. The first-order valence-corrected chi connectivity index (χ1v) is 13.1. The first-order chi connectivity index (χ1) is 18.1. The van der Waals surface area contributed by atoms with Gasteiger partial charge in [-0.25, -0.2) is 9.38 Å². The molecule has 8 nitrogen and oxygen atoms in total. The van der Waals surface area contributed by atoms with Crippen LogP contribution in [0.1, 0.15) is 62.6 Å². The number of hydrogen-bond acceptors (Lipinski definition) is 5. The molecule has 2 aromatic rings. The van der Waals surface area contributed by atoms with E-state index < -0.39 is 36.2 Å². The number of benzodiazepines with no additional fused rings is 1. The second kappa shape index (κ2) is 11.4. The molecule has 3 amide bonds. The number of carbonyl (C=O) groups excluding carboxylic acids is 3. The van der Waals surface area contributed by atoms with E-state index in [0.29, 0.717) is 41.8 Å². The van der Waals surface area contributed by atoms with Gasteiger partial charge in [0.05, 0.1) is 17.4 Å². The molecule has 2 atom stereocenters. The molecule has 1 unspecified atom stereocenters. The zero-order valence-electron chi connectivity index (χ0n) is 22.2. The van der Waals surface area contributed by atoms with Gasteiger partial charge in [0.2, 0.25) is 18.0 Å². The molecule has 38 heavy (non-hydrogen) atoms. The maximum atomic E-state index is 13.7. The number of benzene rings is 2. The fraction of sp³-hybridized carbons (Fsp3) is 0.448. The lowest BCUT2D eigenvalue weighted by Crippen LogP contribution is -2.62. The number of nitrogens with zero attached hydrogens (tertiary/aromatic N) is 2. The van der Waals surface area contributed by atoms with Crippen molar-refractivity contribution in [1.82, 2.24) is 10.6 Å². The third-order valence-corrected chi connectivity index (χ3v) is 7.31. The van der Waals surface area contributed by atoms with Crippen molar-refractivity contribution < 1.29 is 18.8 Å². The number of carbonyl (C=O) groups is 3. The van der Waals surface area contributed by atoms with Crippen molar-refractivity contribution in [1.29, 1.82) is 0 Å². The number of para-hydroxylation sites is 1. The maximum Gasteiger partial charge on any atom is 0.272 e. The molecule has 9 heteroatoms. The van der Waals surface area contributed by atoms with Crippen LogP contribution in [0.25, 0.3) is 0 Å². The highest BCUT2D eigenvalue weighted by Crippen LogP contribution is 2.32. The number of likely N-dealkylation sites (N-methyl/N-ethyl adjacent to an activating group) is 1. The van der Waals surface area contributed by atoms with Crippen molar-refractivity contribution in [2.45, 2.75) is 70.4 Å². The monoisotopic (exact) mass is 521 g/mol. The quantitative estimate of drug-likeness (QED) is 0.495. The number of amides is 3. The molecule has 1 fully saturated rings. The van der Waals surface area contributed by atoms with E-state index in [1.807, 2.05) is 38.1 Å². The van der Waals surface area contributed by atoms with Crippen LogP contribution < -0.4 is 21.3 Å². The molecular formula is C29H36FN5O3. The Bertz CT molecular complexity index is 1220. The Labute approximate surface area is 222 Å². The third kappa shape index (κ3) is 5.62. The number of rotatable bonds is 8. The topological polar surface area (TPSA) is 117 Å². The maximum absolute atomic E-state index is 13.7. The number of hydrogen-bond donors (Lipinski definition) is 3. The van der Waals surface area contributed by atoms with E-state index in [9.17, 15) is 18.8 Å². The Morgan fingerprint density at radius 1 is 1.13 bits per heavy atom. The average molecular weight is 522 g/mol. The highest BCUT2D eigenvalue weighted by Gasteiger charge is 2.45. The normalized spacial score (nSPS) is 19.4. The van der Waals surface area contributed by atoms with Gasteiger partial charge >= 0.3 is 0 Å². The third-order valence-electron chi connectivity index (χ3n) is 7.31. The summed E-state index contributed by atoms with van der Waals surface area (Å²) in [7, 11) is 1.64. The summed E-state index contributed by atoms with van der Waals surface area (Å²) in [5, 5.41) is 5.75. The second-order valence-corrected chi connectivity index (χ2v) is 10.6. The Hall–Kier alpha value is -3.59. The van der Waals surface area contributed by atoms with Crippen LogP contribution in [-0.2, 0) is 21.1 Å². The molecule has 0 saturated heterocycles. The summed E-state index contributed by atoms with van der Waals surface area (Å²) in [6.07, 6.45) is 1.74. The van der Waals surface area contributed by atoms with Gasteiger partial charge in [0, 0.05) is 18.2 Å². The van der Waals surface area contributed by atoms with E-state index in [0.717, 1.165) is 18.4 Å². The fourth-order valence-corrected chi connectivity index (χ4v) is 5.19. The number of nitrogens with one attached hydrogen (secondary N) is 2. The van der Waals surface area contributed by atoms with E-state index in [-0.39, 0.29) is 11.8 Å². The zero-order valence-corrected chi connectivity index (χ0v) is 22.2. The largest absolute Gasteiger partial charge is 0.340 e. The lowest BCUT2D eigenvalue weighted by Gasteiger charge is -2.32. The minimum absolute atomic E-state index is 0.233. The minimum Gasteiger partial charge on any atom is -0.340 e. The van der Waals surface area contributed by atoms with Crippen molar-refractivity contribution in [3.05, 3.63) is 65.2 Å². The van der Waals surface area contributed by atoms with Gasteiger partial charge in [0.15, 0.2) is 0 Å². The summed E-state index contributed by atoms with van der Waals surface area (Å²) in [5.41, 5.74) is 8.05. The van der Waals surface area contributed by atoms with Gasteiger partial charge in [-0.3, -0.25) is 14.4 Å². The van der Waals surface area contributed by atoms with Gasteiger partial charge < -0.3 is 21.3 Å². The van der Waals surface area contributed by atoms with E-state index in [2.05, 4.69) is 10.6 Å². The molecular weight excluding hydrogens is 485 g/mol. The summed E-state index contributed by atoms with van der Waals surface area (Å²) >= 11 is 0. The summed E-state index contributed by atoms with van der Waals surface area (Å²) in [6, 6.07) is 13.5. The molecule has 1 aliphatic carbocycles. The number of anilines is 1. The van der Waals surface area contributed by atoms with Crippen LogP contribution in [0.2, 0.25) is 0 Å². The number of alkyl halides is 1. The van der Waals surface area contributed by atoms with Gasteiger partial charge in [-0.05, 0) is 36.8 Å². The Morgan fingerprint density at radius 3 is 2.42 bits per heavy atom. The van der Waals surface area contributed by atoms with E-state index in [1.54, 1.807) is 31.3 Å². The smallest absolute Gasteiger partial charge is 0.272 e. The van der Waals surface area contributed by atoms with Crippen molar-refractivity contribution >= 4 is 29.1 Å². The molecule has 4 rings (SSSR count). The lowest BCUT2D eigenvalue weighted by molar-refractivity contribution is -0.136. The number of aliphatic imine (C=N–C) groups is 1. The van der Waals surface area contributed by atoms with Crippen LogP contribution in [0.15, 0.2) is 53.5 Å². The van der Waals surface area contributed by atoms with Gasteiger partial charge in [0.1, 0.15) is 12.2 Å². The first kappa shape index (κ1) is 27.4. The number of halogens is 1. The average Bonchev–Trinajstić information content (AvgIpc) is 3.36. The van der Waals surface area contributed by atoms with Gasteiger partial charge in [-0.1, -0.05) is 69.2 Å². The van der Waals surface area contributed by atoms with Crippen LogP contribution >= 0.6 is 0 Å². The van der Waals surface area contributed by atoms with Crippen LogP contribution in [-0.4, -0.2) is 48.2 Å². The highest BCUT2D eigenvalue weighted by molar-refractivity contribution is 6.20. The molecule has 1 heterocycles. The molecule has 1 aliphatic heterocycles. The predicted molar refractivity (Wildman–Crippen MR) is 145 cm³/mol. The molecule has 2 aromatic carbocycles. The van der Waals surface area contributed by atoms with Crippen LogP contribution in [0.5, 0.6) is 0 Å². The van der Waals surface area contributed by atoms with E-state index in [1.165, 1.54) is 4.90 Å². The van der Waals surface area contributed by atoms with Gasteiger partial charge in [-0.2, -0.15) is 0 Å². The second-order valence-electron chi connectivity index (χ2n) is 10.6. The highest BCUT2D eigenvalue weighted by atomic mass is 19.1. The van der Waals surface area contributed by atoms with Gasteiger partial charge in [0.25, 0.3) is 5.91 Å². The molecule has 0 spiro atoms. The first-order valence-electron chi connectivity index (χ1n) is 13.1. The Kier molecular flexibility index (Phi) is 8.26. The van der Waals surface area contributed by atoms with Crippen molar-refractivity contribution in [2.24, 2.45) is 16.6 Å². The summed E-state index contributed by atoms with van der Waals surface area (Å²) in [5.74, 6) is -0.993. The lowest BCUT2D eigenvalue weighted by atomic mass is 9.94. The van der Waals surface area contributed by atoms with E-state index in [4.69, 9.17) is 10.7 Å². The fourth-order valence-electron chi connectivity index (χ4n) is 5.19. The number of nitrogens with two attached hydrogens (primary N) is 1. The Balaban J connectivity index is 1.67. The summed E-state index contributed by atoms with van der Waals surface area (Å²) in [6.45, 7) is 3.38. The molecule has 0 bridgehead atoms. The summed E-state index contributed by atoms with van der Waals surface area (Å²) < 4.78 is 13.1. The summed E-state index contributed by atoms with van der Waals surface area (Å²) in [4.78, 5) is 46.4. The zero-order chi connectivity index (χ0) is 27.4. The molecule has 4 N–H and O–H groups in total. The minimum atomic E-state index is -1.21. The standard InChI is InChI=1S/C29H36FN5O3/c1-18(2)16-22(31)26(36)34-29(14-6-7-15-29)28(38)33-25-27(37)35(3)23-9-5-4-8-21(23)24(32-25)20-12-10-19(17-30)11-13-20/h4-5,8-13,18,22,25H,6-7,14-17,31H2,1-3H3,(H,33,38)(H,34,36)/t22-,25?/m0/s1. The molecule has 202 valence electrons. The Morgan fingerprint density at radius 2 is 1.79 bits per heavy atom. The van der Waals surface area contributed by atoms with Crippen molar-refractivity contribution in [3.8, 4) is 0 Å². The SMILES string of the molecule is CC(C)C[C@H](N)C(=O)NC1(C(=O)NC2N=C(c3ccc(CF)cc3)c3ccccc3N(C)C2=O)CCCC1. The molecule has 2 aliphatic rings. The van der Waals surface area contributed by atoms with E-state index >= 15 is 0 Å². The number of fused-ring (bicyclic) bond motifs is 1. The van der Waals surface area contributed by atoms with Crippen molar-refractivity contribution in [3.63, 3.8) is 0 Å². The van der Waals surface area contributed by atoms with Crippen LogP contribution in [0.3, 0.4) is 0 Å². The molecule has 0 radical (unpaired) electrons. The van der Waals surface area contributed by atoms with Gasteiger partial charge in [-0.15, -0.1) is 0 Å². The van der Waals surface area contributed by atoms with Crippen LogP contribution in [0, 0.1) is 5.92 Å². The molecule has 0 aromatic heterocycles. The van der Waals surface area contributed by atoms with Crippen LogP contribution in [0.4, 0.5) is 10.1 Å². The predicted octanol–water partition coefficient (Wildman–Crippen LogP) is 3.21. The van der Waals surface area contributed by atoms with Crippen molar-refractivity contribution in [2.75, 3.05) is 11.9 Å².